The fraction of sp³-hybridized carbons (Fsp3) is 0.533. The minimum absolute atomic E-state index is 0.0349. The van der Waals surface area contributed by atoms with Crippen molar-refractivity contribution in [2.45, 2.75) is 38.9 Å². The number of halogens is 4. The number of benzene rings is 1. The smallest absolute Gasteiger partial charge is 0.336 e. The molecule has 0 saturated carbocycles. The molecule has 1 saturated heterocycles. The fourth-order valence-corrected chi connectivity index (χ4v) is 3.06. The number of piperidine rings is 1. The third-order valence-electron chi connectivity index (χ3n) is 4.16. The molecule has 1 aliphatic rings. The Kier molecular flexibility index (Phi) is 4.66. The van der Waals surface area contributed by atoms with Crippen LogP contribution in [0.25, 0.3) is 0 Å². The second kappa shape index (κ2) is 5.99. The highest BCUT2D eigenvalue weighted by Crippen LogP contribution is 2.33. The van der Waals surface area contributed by atoms with Gasteiger partial charge in [-0.1, -0.05) is 6.92 Å². The molecule has 21 heavy (non-hydrogen) atoms. The van der Waals surface area contributed by atoms with E-state index in [0.29, 0.717) is 16.9 Å². The summed E-state index contributed by atoms with van der Waals surface area (Å²) in [6.07, 6.45) is -2.53. The van der Waals surface area contributed by atoms with Gasteiger partial charge in [0.2, 0.25) is 0 Å². The van der Waals surface area contributed by atoms with Crippen LogP contribution in [0, 0.1) is 5.92 Å². The van der Waals surface area contributed by atoms with Crippen molar-refractivity contribution < 1.29 is 18.0 Å². The van der Waals surface area contributed by atoms with E-state index in [-0.39, 0.29) is 17.5 Å². The molecular formula is C15H17BrF3NO. The number of likely N-dealkylation sites (tertiary alicyclic amines) is 1. The molecule has 1 fully saturated rings. The van der Waals surface area contributed by atoms with Crippen molar-refractivity contribution in [2.75, 3.05) is 6.54 Å². The minimum atomic E-state index is -4.45. The summed E-state index contributed by atoms with van der Waals surface area (Å²) < 4.78 is 38.8. The van der Waals surface area contributed by atoms with Crippen molar-refractivity contribution in [1.29, 1.82) is 0 Å². The van der Waals surface area contributed by atoms with E-state index < -0.39 is 11.7 Å². The van der Waals surface area contributed by atoms with Crippen LogP contribution in [0.3, 0.4) is 0 Å². The summed E-state index contributed by atoms with van der Waals surface area (Å²) >= 11 is 3.18. The van der Waals surface area contributed by atoms with Crippen LogP contribution in [0.5, 0.6) is 0 Å². The van der Waals surface area contributed by atoms with Crippen molar-refractivity contribution in [1.82, 2.24) is 4.90 Å². The maximum absolute atomic E-state index is 12.8. The number of hydrogen-bond acceptors (Lipinski definition) is 1. The average molecular weight is 364 g/mol. The van der Waals surface area contributed by atoms with Crippen LogP contribution < -0.4 is 0 Å². The third-order valence-corrected chi connectivity index (χ3v) is 4.85. The quantitative estimate of drug-likeness (QED) is 0.706. The van der Waals surface area contributed by atoms with Gasteiger partial charge in [0.15, 0.2) is 0 Å². The zero-order chi connectivity index (χ0) is 15.8. The normalized spacial score (nSPS) is 23.2. The van der Waals surface area contributed by atoms with Gasteiger partial charge in [-0.25, -0.2) is 0 Å². The number of rotatable bonds is 1. The lowest BCUT2D eigenvalue weighted by Crippen LogP contribution is -2.46. The molecule has 0 radical (unpaired) electrons. The van der Waals surface area contributed by atoms with E-state index in [1.807, 2.05) is 6.92 Å². The summed E-state index contributed by atoms with van der Waals surface area (Å²) in [6, 6.07) is 3.23. The maximum atomic E-state index is 12.8. The van der Waals surface area contributed by atoms with Gasteiger partial charge in [0.05, 0.1) is 11.1 Å². The van der Waals surface area contributed by atoms with Crippen LogP contribution in [0.15, 0.2) is 22.7 Å². The van der Waals surface area contributed by atoms with Gasteiger partial charge in [-0.15, -0.1) is 0 Å². The molecular weight excluding hydrogens is 347 g/mol. The van der Waals surface area contributed by atoms with Crippen molar-refractivity contribution in [3.8, 4) is 0 Å². The van der Waals surface area contributed by atoms with Crippen molar-refractivity contribution in [3.05, 3.63) is 33.8 Å². The second-order valence-corrected chi connectivity index (χ2v) is 6.41. The lowest BCUT2D eigenvalue weighted by Gasteiger charge is -2.38. The second-order valence-electron chi connectivity index (χ2n) is 5.55. The molecule has 6 heteroatoms. The molecule has 1 heterocycles. The maximum Gasteiger partial charge on any atom is 0.416 e. The molecule has 2 atom stereocenters. The van der Waals surface area contributed by atoms with Crippen LogP contribution in [-0.4, -0.2) is 23.4 Å². The third kappa shape index (κ3) is 3.42. The number of nitrogens with zero attached hydrogens (tertiary/aromatic N) is 1. The zero-order valence-electron chi connectivity index (χ0n) is 11.9. The highest BCUT2D eigenvalue weighted by Gasteiger charge is 2.34. The molecule has 1 aliphatic heterocycles. The lowest BCUT2D eigenvalue weighted by atomic mass is 9.91. The van der Waals surface area contributed by atoms with Gasteiger partial charge in [0, 0.05) is 17.1 Å². The first kappa shape index (κ1) is 16.3. The number of carbonyl (C=O) groups is 1. The van der Waals surface area contributed by atoms with E-state index in [4.69, 9.17) is 0 Å². The average Bonchev–Trinajstić information content (AvgIpc) is 2.40. The topological polar surface area (TPSA) is 20.3 Å². The molecule has 0 bridgehead atoms. The molecule has 0 aliphatic carbocycles. The molecule has 2 rings (SSSR count). The SMILES string of the molecule is CC1CCCN(C(=O)c2cc(C(F)(F)F)ccc2Br)C1C. The first-order chi connectivity index (χ1) is 9.71. The summed E-state index contributed by atoms with van der Waals surface area (Å²) in [5.74, 6) is 0.0132. The molecule has 1 aromatic carbocycles. The number of amides is 1. The Labute approximate surface area is 130 Å². The van der Waals surface area contributed by atoms with Crippen molar-refractivity contribution >= 4 is 21.8 Å². The summed E-state index contributed by atoms with van der Waals surface area (Å²) in [6.45, 7) is 4.60. The van der Waals surface area contributed by atoms with E-state index in [0.717, 1.165) is 25.0 Å². The molecule has 0 spiro atoms. The Morgan fingerprint density at radius 2 is 2.00 bits per heavy atom. The Bertz CT molecular complexity index is 544. The first-order valence-electron chi connectivity index (χ1n) is 6.89. The van der Waals surface area contributed by atoms with Crippen molar-refractivity contribution in [3.63, 3.8) is 0 Å². The van der Waals surface area contributed by atoms with Crippen molar-refractivity contribution in [2.24, 2.45) is 5.92 Å². The van der Waals surface area contributed by atoms with Gasteiger partial charge in [-0.05, 0) is 59.8 Å². The number of alkyl halides is 3. The van der Waals surface area contributed by atoms with Crippen LogP contribution in [0.1, 0.15) is 42.6 Å². The molecule has 2 unspecified atom stereocenters. The van der Waals surface area contributed by atoms with Crippen LogP contribution >= 0.6 is 15.9 Å². The molecule has 2 nitrogen and oxygen atoms in total. The number of hydrogen-bond donors (Lipinski definition) is 0. The van der Waals surface area contributed by atoms with Gasteiger partial charge in [-0.3, -0.25) is 4.79 Å². The molecule has 0 N–H and O–H groups in total. The van der Waals surface area contributed by atoms with Crippen LogP contribution in [0.2, 0.25) is 0 Å². The van der Waals surface area contributed by atoms with E-state index in [1.54, 1.807) is 4.90 Å². The van der Waals surface area contributed by atoms with E-state index >= 15 is 0 Å². The number of carbonyl (C=O) groups excluding carboxylic acids is 1. The highest BCUT2D eigenvalue weighted by molar-refractivity contribution is 9.10. The predicted molar refractivity (Wildman–Crippen MR) is 78.0 cm³/mol. The first-order valence-corrected chi connectivity index (χ1v) is 7.69. The van der Waals surface area contributed by atoms with Gasteiger partial charge in [0.1, 0.15) is 0 Å². The molecule has 1 aromatic rings. The van der Waals surface area contributed by atoms with Gasteiger partial charge in [0.25, 0.3) is 5.91 Å². The monoisotopic (exact) mass is 363 g/mol. The fourth-order valence-electron chi connectivity index (χ4n) is 2.64. The Morgan fingerprint density at radius 3 is 2.62 bits per heavy atom. The summed E-state index contributed by atoms with van der Waals surface area (Å²) in [7, 11) is 0. The lowest BCUT2D eigenvalue weighted by molar-refractivity contribution is -0.137. The summed E-state index contributed by atoms with van der Waals surface area (Å²) in [5, 5.41) is 0. The standard InChI is InChI=1S/C15H17BrF3NO/c1-9-4-3-7-20(10(9)2)14(21)12-8-11(15(17,18)19)5-6-13(12)16/h5-6,8-10H,3-4,7H2,1-2H3. The van der Waals surface area contributed by atoms with E-state index in [2.05, 4.69) is 22.9 Å². The van der Waals surface area contributed by atoms with Crippen LogP contribution in [0.4, 0.5) is 13.2 Å². The largest absolute Gasteiger partial charge is 0.416 e. The van der Waals surface area contributed by atoms with Gasteiger partial charge < -0.3 is 4.90 Å². The molecule has 1 amide bonds. The Hall–Kier alpha value is -1.04. The summed E-state index contributed by atoms with van der Waals surface area (Å²) in [4.78, 5) is 14.3. The van der Waals surface area contributed by atoms with E-state index in [1.165, 1.54) is 6.07 Å². The Morgan fingerprint density at radius 1 is 1.33 bits per heavy atom. The molecule has 116 valence electrons. The summed E-state index contributed by atoms with van der Waals surface area (Å²) in [5.41, 5.74) is -0.725. The van der Waals surface area contributed by atoms with E-state index in [9.17, 15) is 18.0 Å². The molecule has 0 aromatic heterocycles. The van der Waals surface area contributed by atoms with Gasteiger partial charge >= 0.3 is 6.18 Å². The minimum Gasteiger partial charge on any atom is -0.336 e. The van der Waals surface area contributed by atoms with Gasteiger partial charge in [-0.2, -0.15) is 13.2 Å². The zero-order valence-corrected chi connectivity index (χ0v) is 13.5. The predicted octanol–water partition coefficient (Wildman–Crippen LogP) is 4.73. The highest BCUT2D eigenvalue weighted by atomic mass is 79.9. The Balaban J connectivity index is 2.34. The van der Waals surface area contributed by atoms with Crippen LogP contribution in [-0.2, 0) is 6.18 Å².